The molecule has 0 aromatic rings. The number of rotatable bonds is 18. The van der Waals surface area contributed by atoms with Gasteiger partial charge >= 0.3 is 17.9 Å². The molecule has 0 saturated carbocycles. The molecule has 31 heavy (non-hydrogen) atoms. The highest BCUT2D eigenvalue weighted by Gasteiger charge is 2.41. The van der Waals surface area contributed by atoms with Crippen LogP contribution in [0.1, 0.15) is 85.5 Å². The molecule has 6 heteroatoms. The lowest BCUT2D eigenvalue weighted by Gasteiger charge is -2.32. The molecule has 0 aromatic carbocycles. The van der Waals surface area contributed by atoms with Gasteiger partial charge in [-0.3, -0.25) is 4.79 Å². The highest BCUT2D eigenvalue weighted by Crippen LogP contribution is 2.33. The molecule has 0 aliphatic rings. The van der Waals surface area contributed by atoms with E-state index in [1.165, 1.54) is 38.5 Å². The van der Waals surface area contributed by atoms with E-state index in [1.807, 2.05) is 6.92 Å². The Morgan fingerprint density at radius 1 is 0.935 bits per heavy atom. The van der Waals surface area contributed by atoms with Gasteiger partial charge in [0.25, 0.3) is 0 Å². The van der Waals surface area contributed by atoms with Gasteiger partial charge in [-0.25, -0.2) is 9.59 Å². The van der Waals surface area contributed by atoms with Gasteiger partial charge in [0.15, 0.2) is 0 Å². The van der Waals surface area contributed by atoms with E-state index in [4.69, 9.17) is 14.2 Å². The van der Waals surface area contributed by atoms with Gasteiger partial charge in [0.05, 0.1) is 0 Å². The molecular weight excluding hydrogens is 396 g/mol. The standard InChI is InChI=1S/C25H42O6/c1-7-9-10-11-12-13-14-15-16-21(5)25(6,19-31-22(26)8-2)24(28)30-18-17-29-23(27)20(3)4/h8,21H,2-3,7,9-19H2,1,4-6H3. The molecule has 0 fully saturated rings. The summed E-state index contributed by atoms with van der Waals surface area (Å²) in [6.45, 7) is 14.2. The van der Waals surface area contributed by atoms with Crippen LogP contribution in [0.15, 0.2) is 24.8 Å². The smallest absolute Gasteiger partial charge is 0.333 e. The predicted octanol–water partition coefficient (Wildman–Crippen LogP) is 5.55. The molecule has 0 amide bonds. The first kappa shape index (κ1) is 28.9. The number of ether oxygens (including phenoxy) is 3. The maximum absolute atomic E-state index is 12.8. The summed E-state index contributed by atoms with van der Waals surface area (Å²) in [5.41, 5.74) is -0.704. The zero-order valence-electron chi connectivity index (χ0n) is 20.0. The number of hydrogen-bond acceptors (Lipinski definition) is 6. The minimum absolute atomic E-state index is 0.0457. The van der Waals surface area contributed by atoms with E-state index < -0.39 is 23.3 Å². The van der Waals surface area contributed by atoms with Crippen molar-refractivity contribution in [2.75, 3.05) is 19.8 Å². The first-order valence-corrected chi connectivity index (χ1v) is 11.5. The Hall–Kier alpha value is -2.11. The molecule has 0 spiro atoms. The van der Waals surface area contributed by atoms with Crippen LogP contribution in [-0.4, -0.2) is 37.7 Å². The van der Waals surface area contributed by atoms with Crippen molar-refractivity contribution in [1.82, 2.24) is 0 Å². The summed E-state index contributed by atoms with van der Waals surface area (Å²) in [4.78, 5) is 35.8. The minimum atomic E-state index is -0.988. The number of esters is 3. The van der Waals surface area contributed by atoms with E-state index in [0.717, 1.165) is 25.3 Å². The molecule has 0 saturated heterocycles. The SMILES string of the molecule is C=CC(=O)OCC(C)(C(=O)OCCOC(=O)C(=C)C)C(C)CCCCCCCCCC. The summed E-state index contributed by atoms with van der Waals surface area (Å²) in [7, 11) is 0. The first-order valence-electron chi connectivity index (χ1n) is 11.5. The molecule has 0 aliphatic carbocycles. The average Bonchev–Trinajstić information content (AvgIpc) is 2.75. The molecule has 0 N–H and O–H groups in total. The number of unbranched alkanes of at least 4 members (excludes halogenated alkanes) is 7. The summed E-state index contributed by atoms with van der Waals surface area (Å²) in [5.74, 6) is -1.62. The van der Waals surface area contributed by atoms with E-state index >= 15 is 0 Å². The average molecular weight is 439 g/mol. The Morgan fingerprint density at radius 3 is 2.03 bits per heavy atom. The maximum Gasteiger partial charge on any atom is 0.333 e. The second-order valence-electron chi connectivity index (χ2n) is 8.45. The molecule has 2 unspecified atom stereocenters. The Bertz CT molecular complexity index is 583. The van der Waals surface area contributed by atoms with Crippen molar-refractivity contribution >= 4 is 17.9 Å². The van der Waals surface area contributed by atoms with Gasteiger partial charge in [0.2, 0.25) is 0 Å². The zero-order chi connectivity index (χ0) is 23.7. The third kappa shape index (κ3) is 12.4. The van der Waals surface area contributed by atoms with Crippen LogP contribution in [0.25, 0.3) is 0 Å². The van der Waals surface area contributed by atoms with Gasteiger partial charge < -0.3 is 14.2 Å². The largest absolute Gasteiger partial charge is 0.462 e. The molecule has 0 radical (unpaired) electrons. The van der Waals surface area contributed by atoms with E-state index in [2.05, 4.69) is 20.1 Å². The van der Waals surface area contributed by atoms with Crippen molar-refractivity contribution in [1.29, 1.82) is 0 Å². The summed E-state index contributed by atoms with van der Waals surface area (Å²) in [5, 5.41) is 0. The van der Waals surface area contributed by atoms with Gasteiger partial charge in [-0.2, -0.15) is 0 Å². The molecular formula is C25H42O6. The monoisotopic (exact) mass is 438 g/mol. The summed E-state index contributed by atoms with van der Waals surface area (Å²) in [6.07, 6.45) is 11.6. The molecule has 0 heterocycles. The third-order valence-corrected chi connectivity index (χ3v) is 5.62. The van der Waals surface area contributed by atoms with Crippen LogP contribution >= 0.6 is 0 Å². The second kappa shape index (κ2) is 16.6. The fourth-order valence-corrected chi connectivity index (χ4v) is 3.14. The quantitative estimate of drug-likeness (QED) is 0.121. The Kier molecular flexibility index (Phi) is 15.4. The van der Waals surface area contributed by atoms with Gasteiger partial charge in [0.1, 0.15) is 25.2 Å². The highest BCUT2D eigenvalue weighted by atomic mass is 16.6. The lowest BCUT2D eigenvalue weighted by molar-refractivity contribution is -0.168. The van der Waals surface area contributed by atoms with E-state index in [-0.39, 0.29) is 31.3 Å². The van der Waals surface area contributed by atoms with Crippen LogP contribution in [0.2, 0.25) is 0 Å². The summed E-state index contributed by atoms with van der Waals surface area (Å²) < 4.78 is 15.5. The molecule has 0 bridgehead atoms. The fraction of sp³-hybridized carbons (Fsp3) is 0.720. The van der Waals surface area contributed by atoms with Crippen LogP contribution < -0.4 is 0 Å². The lowest BCUT2D eigenvalue weighted by atomic mass is 9.76. The number of carbonyl (C=O) groups excluding carboxylic acids is 3. The van der Waals surface area contributed by atoms with Crippen molar-refractivity contribution in [3.8, 4) is 0 Å². The van der Waals surface area contributed by atoms with Gasteiger partial charge in [-0.1, -0.05) is 78.4 Å². The van der Waals surface area contributed by atoms with Crippen molar-refractivity contribution in [2.45, 2.75) is 85.5 Å². The summed E-state index contributed by atoms with van der Waals surface area (Å²) in [6, 6.07) is 0. The Labute approximate surface area is 188 Å². The van der Waals surface area contributed by atoms with Crippen molar-refractivity contribution in [2.24, 2.45) is 11.3 Å². The molecule has 2 atom stereocenters. The molecule has 0 aliphatic heterocycles. The van der Waals surface area contributed by atoms with E-state index in [9.17, 15) is 14.4 Å². The van der Waals surface area contributed by atoms with Gasteiger partial charge in [0, 0.05) is 11.6 Å². The third-order valence-electron chi connectivity index (χ3n) is 5.62. The van der Waals surface area contributed by atoms with Crippen LogP contribution in [0.3, 0.4) is 0 Å². The lowest BCUT2D eigenvalue weighted by Crippen LogP contribution is -2.41. The molecule has 0 rings (SSSR count). The predicted molar refractivity (Wildman–Crippen MR) is 122 cm³/mol. The van der Waals surface area contributed by atoms with Crippen molar-refractivity contribution in [3.63, 3.8) is 0 Å². The molecule has 0 aromatic heterocycles. The fourth-order valence-electron chi connectivity index (χ4n) is 3.14. The van der Waals surface area contributed by atoms with Gasteiger partial charge in [-0.05, 0) is 26.2 Å². The van der Waals surface area contributed by atoms with E-state index in [0.29, 0.717) is 0 Å². The molecule has 6 nitrogen and oxygen atoms in total. The van der Waals surface area contributed by atoms with Crippen LogP contribution in [-0.2, 0) is 28.6 Å². The summed E-state index contributed by atoms with van der Waals surface area (Å²) >= 11 is 0. The van der Waals surface area contributed by atoms with Crippen molar-refractivity contribution < 1.29 is 28.6 Å². The van der Waals surface area contributed by atoms with Crippen LogP contribution in [0.5, 0.6) is 0 Å². The minimum Gasteiger partial charge on any atom is -0.462 e. The van der Waals surface area contributed by atoms with Crippen LogP contribution in [0.4, 0.5) is 0 Å². The molecule has 178 valence electrons. The normalized spacial score (nSPS) is 13.5. The second-order valence-corrected chi connectivity index (χ2v) is 8.45. The Balaban J connectivity index is 4.64. The number of hydrogen-bond donors (Lipinski definition) is 0. The number of carbonyl (C=O) groups is 3. The van der Waals surface area contributed by atoms with Gasteiger partial charge in [-0.15, -0.1) is 0 Å². The first-order chi connectivity index (χ1) is 14.7. The van der Waals surface area contributed by atoms with Crippen LogP contribution in [0, 0.1) is 11.3 Å². The Morgan fingerprint density at radius 2 is 1.48 bits per heavy atom. The van der Waals surface area contributed by atoms with Crippen molar-refractivity contribution in [3.05, 3.63) is 24.8 Å². The van der Waals surface area contributed by atoms with E-state index in [1.54, 1.807) is 13.8 Å². The maximum atomic E-state index is 12.8. The highest BCUT2D eigenvalue weighted by molar-refractivity contribution is 5.87. The zero-order valence-corrected chi connectivity index (χ0v) is 20.0. The topological polar surface area (TPSA) is 78.9 Å².